The SMILES string of the molecule is Cc1cc(F)ccc1C(C)C1CCNCC1. The van der Waals surface area contributed by atoms with Gasteiger partial charge in [0.05, 0.1) is 0 Å². The van der Waals surface area contributed by atoms with E-state index >= 15 is 0 Å². The van der Waals surface area contributed by atoms with E-state index in [1.54, 1.807) is 12.1 Å². The van der Waals surface area contributed by atoms with Gasteiger partial charge in [0.2, 0.25) is 0 Å². The van der Waals surface area contributed by atoms with E-state index in [1.165, 1.54) is 18.4 Å². The first kappa shape index (κ1) is 11.6. The zero-order chi connectivity index (χ0) is 11.5. The lowest BCUT2D eigenvalue weighted by atomic mass is 9.80. The summed E-state index contributed by atoms with van der Waals surface area (Å²) in [5.41, 5.74) is 2.40. The summed E-state index contributed by atoms with van der Waals surface area (Å²) in [5.74, 6) is 1.16. The van der Waals surface area contributed by atoms with E-state index in [1.807, 2.05) is 13.0 Å². The summed E-state index contributed by atoms with van der Waals surface area (Å²) in [6.07, 6.45) is 2.47. The molecule has 1 nitrogen and oxygen atoms in total. The predicted molar refractivity (Wildman–Crippen MR) is 65.1 cm³/mol. The molecule has 1 aromatic rings. The monoisotopic (exact) mass is 221 g/mol. The standard InChI is InChI=1S/C14H20FN/c1-10-9-13(15)3-4-14(10)11(2)12-5-7-16-8-6-12/h3-4,9,11-12,16H,5-8H2,1-2H3. The van der Waals surface area contributed by atoms with Gasteiger partial charge in [0.1, 0.15) is 5.82 Å². The minimum Gasteiger partial charge on any atom is -0.317 e. The summed E-state index contributed by atoms with van der Waals surface area (Å²) < 4.78 is 13.0. The molecule has 1 N–H and O–H groups in total. The zero-order valence-corrected chi connectivity index (χ0v) is 10.1. The van der Waals surface area contributed by atoms with Crippen LogP contribution in [0.25, 0.3) is 0 Å². The van der Waals surface area contributed by atoms with Gasteiger partial charge < -0.3 is 5.32 Å². The van der Waals surface area contributed by atoms with Crippen molar-refractivity contribution in [3.8, 4) is 0 Å². The predicted octanol–water partition coefficient (Wildman–Crippen LogP) is 3.24. The van der Waals surface area contributed by atoms with Crippen LogP contribution in [0.1, 0.15) is 36.8 Å². The molecule has 2 heteroatoms. The average Bonchev–Trinajstić information content (AvgIpc) is 2.29. The Hall–Kier alpha value is -0.890. The summed E-state index contributed by atoms with van der Waals surface area (Å²) in [7, 11) is 0. The van der Waals surface area contributed by atoms with Crippen LogP contribution in [0.5, 0.6) is 0 Å². The van der Waals surface area contributed by atoms with Crippen LogP contribution in [0.3, 0.4) is 0 Å². The minimum absolute atomic E-state index is 0.126. The van der Waals surface area contributed by atoms with Gasteiger partial charge in [-0.25, -0.2) is 4.39 Å². The van der Waals surface area contributed by atoms with Gasteiger partial charge in [0, 0.05) is 0 Å². The first-order valence-corrected chi connectivity index (χ1v) is 6.15. The molecule has 1 aliphatic heterocycles. The molecule has 88 valence electrons. The molecular weight excluding hydrogens is 201 g/mol. The Kier molecular flexibility index (Phi) is 3.59. The largest absolute Gasteiger partial charge is 0.317 e. The normalized spacial score (nSPS) is 19.7. The Bertz CT molecular complexity index is 356. The fraction of sp³-hybridized carbons (Fsp3) is 0.571. The molecule has 1 fully saturated rings. The van der Waals surface area contributed by atoms with Crippen molar-refractivity contribution in [3.63, 3.8) is 0 Å². The van der Waals surface area contributed by atoms with Crippen LogP contribution >= 0.6 is 0 Å². The number of halogens is 1. The van der Waals surface area contributed by atoms with Crippen LogP contribution in [0.4, 0.5) is 4.39 Å². The molecule has 0 spiro atoms. The number of hydrogen-bond acceptors (Lipinski definition) is 1. The lowest BCUT2D eigenvalue weighted by Crippen LogP contribution is -2.30. The van der Waals surface area contributed by atoms with Crippen LogP contribution in [0, 0.1) is 18.7 Å². The fourth-order valence-electron chi connectivity index (χ4n) is 2.75. The van der Waals surface area contributed by atoms with E-state index < -0.39 is 0 Å². The Balaban J connectivity index is 2.15. The lowest BCUT2D eigenvalue weighted by molar-refractivity contribution is 0.329. The summed E-state index contributed by atoms with van der Waals surface area (Å²) in [6.45, 7) is 6.52. The first-order valence-electron chi connectivity index (χ1n) is 6.15. The molecule has 1 atom stereocenters. The van der Waals surface area contributed by atoms with Gasteiger partial charge in [-0.15, -0.1) is 0 Å². The molecule has 1 saturated heterocycles. The van der Waals surface area contributed by atoms with Crippen molar-refractivity contribution in [2.45, 2.75) is 32.6 Å². The van der Waals surface area contributed by atoms with E-state index in [9.17, 15) is 4.39 Å². The maximum absolute atomic E-state index is 13.0. The lowest BCUT2D eigenvalue weighted by Gasteiger charge is -2.29. The van der Waals surface area contributed by atoms with Crippen LogP contribution in [-0.2, 0) is 0 Å². The average molecular weight is 221 g/mol. The van der Waals surface area contributed by atoms with Crippen molar-refractivity contribution in [1.29, 1.82) is 0 Å². The fourth-order valence-corrected chi connectivity index (χ4v) is 2.75. The quantitative estimate of drug-likeness (QED) is 0.808. The van der Waals surface area contributed by atoms with Crippen molar-refractivity contribution < 1.29 is 4.39 Å². The number of hydrogen-bond donors (Lipinski definition) is 1. The van der Waals surface area contributed by atoms with Gasteiger partial charge in [0.15, 0.2) is 0 Å². The summed E-state index contributed by atoms with van der Waals surface area (Å²) in [4.78, 5) is 0. The minimum atomic E-state index is -0.126. The Morgan fingerprint density at radius 2 is 2.00 bits per heavy atom. The molecule has 0 radical (unpaired) electrons. The molecule has 16 heavy (non-hydrogen) atoms. The molecule has 1 aliphatic rings. The molecule has 2 rings (SSSR count). The third kappa shape index (κ3) is 2.43. The number of rotatable bonds is 2. The van der Waals surface area contributed by atoms with Crippen molar-refractivity contribution in [1.82, 2.24) is 5.32 Å². The first-order chi connectivity index (χ1) is 7.68. The molecule has 1 unspecified atom stereocenters. The van der Waals surface area contributed by atoms with Gasteiger partial charge in [-0.05, 0) is 68.0 Å². The third-order valence-electron chi connectivity index (χ3n) is 3.81. The molecule has 0 bridgehead atoms. The van der Waals surface area contributed by atoms with Crippen LogP contribution < -0.4 is 5.32 Å². The van der Waals surface area contributed by atoms with Crippen molar-refractivity contribution in [2.24, 2.45) is 5.92 Å². The second-order valence-corrected chi connectivity index (χ2v) is 4.88. The second kappa shape index (κ2) is 4.96. The van der Waals surface area contributed by atoms with Crippen molar-refractivity contribution in [2.75, 3.05) is 13.1 Å². The molecule has 0 amide bonds. The highest BCUT2D eigenvalue weighted by Crippen LogP contribution is 2.32. The van der Waals surface area contributed by atoms with Gasteiger partial charge in [-0.1, -0.05) is 13.0 Å². The summed E-state index contributed by atoms with van der Waals surface area (Å²) in [6, 6.07) is 5.18. The van der Waals surface area contributed by atoms with Crippen molar-refractivity contribution in [3.05, 3.63) is 35.1 Å². The van der Waals surface area contributed by atoms with E-state index in [0.29, 0.717) is 5.92 Å². The Labute approximate surface area is 97.1 Å². The number of piperidine rings is 1. The number of nitrogens with one attached hydrogen (secondary N) is 1. The van der Waals surface area contributed by atoms with Crippen LogP contribution in [0.2, 0.25) is 0 Å². The van der Waals surface area contributed by atoms with Crippen LogP contribution in [-0.4, -0.2) is 13.1 Å². The van der Waals surface area contributed by atoms with Gasteiger partial charge in [0.25, 0.3) is 0 Å². The van der Waals surface area contributed by atoms with Crippen LogP contribution in [0.15, 0.2) is 18.2 Å². The molecule has 1 aromatic carbocycles. The van der Waals surface area contributed by atoms with Gasteiger partial charge in [-0.2, -0.15) is 0 Å². The molecule has 1 heterocycles. The van der Waals surface area contributed by atoms with E-state index in [2.05, 4.69) is 12.2 Å². The summed E-state index contributed by atoms with van der Waals surface area (Å²) >= 11 is 0. The molecule has 0 aromatic heterocycles. The summed E-state index contributed by atoms with van der Waals surface area (Å²) in [5, 5.41) is 3.38. The maximum atomic E-state index is 13.0. The molecular formula is C14H20FN. The zero-order valence-electron chi connectivity index (χ0n) is 10.1. The van der Waals surface area contributed by atoms with E-state index in [0.717, 1.165) is 24.6 Å². The highest BCUT2D eigenvalue weighted by molar-refractivity contribution is 5.30. The topological polar surface area (TPSA) is 12.0 Å². The highest BCUT2D eigenvalue weighted by atomic mass is 19.1. The number of aryl methyl sites for hydroxylation is 1. The van der Waals surface area contributed by atoms with Gasteiger partial charge >= 0.3 is 0 Å². The molecule has 0 saturated carbocycles. The Morgan fingerprint density at radius 1 is 1.31 bits per heavy atom. The third-order valence-corrected chi connectivity index (χ3v) is 3.81. The van der Waals surface area contributed by atoms with Crippen molar-refractivity contribution >= 4 is 0 Å². The van der Waals surface area contributed by atoms with Gasteiger partial charge in [-0.3, -0.25) is 0 Å². The Morgan fingerprint density at radius 3 is 2.62 bits per heavy atom. The second-order valence-electron chi connectivity index (χ2n) is 4.88. The highest BCUT2D eigenvalue weighted by Gasteiger charge is 2.22. The smallest absolute Gasteiger partial charge is 0.123 e. The van der Waals surface area contributed by atoms with E-state index in [-0.39, 0.29) is 5.82 Å². The molecule has 0 aliphatic carbocycles. The van der Waals surface area contributed by atoms with E-state index in [4.69, 9.17) is 0 Å². The number of benzene rings is 1. The maximum Gasteiger partial charge on any atom is 0.123 e.